The number of nitrogens with one attached hydrogen (secondary N) is 3. The van der Waals surface area contributed by atoms with Gasteiger partial charge in [0.05, 0.1) is 11.3 Å². The first kappa shape index (κ1) is 16.8. The Morgan fingerprint density at radius 1 is 1.04 bits per heavy atom. The number of carbonyl (C=O) groups excluding carboxylic acids is 2. The highest BCUT2D eigenvalue weighted by Crippen LogP contribution is 2.20. The van der Waals surface area contributed by atoms with E-state index in [2.05, 4.69) is 15.6 Å². The molecule has 2 aromatic carbocycles. The first-order valence-electron chi connectivity index (χ1n) is 8.36. The molecule has 5 nitrogen and oxygen atoms in total. The number of aromatic nitrogens is 1. The number of hydrogen-bond donors (Lipinski definition) is 3. The summed E-state index contributed by atoms with van der Waals surface area (Å²) in [4.78, 5) is 28.0. The van der Waals surface area contributed by atoms with Crippen LogP contribution in [-0.2, 0) is 0 Å². The van der Waals surface area contributed by atoms with Gasteiger partial charge in [-0.05, 0) is 43.2 Å². The quantitative estimate of drug-likeness (QED) is 0.662. The molecular weight excluding hydrogens is 314 g/mol. The number of aryl methyl sites for hydroxylation is 1. The second-order valence-electron chi connectivity index (χ2n) is 6.03. The summed E-state index contributed by atoms with van der Waals surface area (Å²) >= 11 is 0. The van der Waals surface area contributed by atoms with E-state index in [1.807, 2.05) is 38.1 Å². The van der Waals surface area contributed by atoms with Crippen LogP contribution in [-0.4, -0.2) is 23.3 Å². The molecule has 0 aliphatic heterocycles. The lowest BCUT2D eigenvalue weighted by molar-refractivity contribution is 0.0954. The molecule has 1 heterocycles. The third-order valence-corrected chi connectivity index (χ3v) is 3.98. The standard InChI is InChI=1S/C20H21N3O2/c1-3-10-21-19(24)15-6-4-5-7-16(15)23-20(25)18-12-14-9-8-13(2)11-17(14)22-18/h4-9,11-12,22H,3,10H2,1-2H3,(H,21,24)(H,23,25). The maximum Gasteiger partial charge on any atom is 0.272 e. The molecule has 0 unspecified atom stereocenters. The van der Waals surface area contributed by atoms with Gasteiger partial charge in [-0.2, -0.15) is 0 Å². The molecular formula is C20H21N3O2. The number of H-pyrrole nitrogens is 1. The zero-order chi connectivity index (χ0) is 17.8. The van der Waals surface area contributed by atoms with Crippen LogP contribution in [0.25, 0.3) is 10.9 Å². The van der Waals surface area contributed by atoms with E-state index in [1.54, 1.807) is 24.3 Å². The maximum atomic E-state index is 12.6. The molecule has 1 aromatic heterocycles. The Morgan fingerprint density at radius 3 is 2.64 bits per heavy atom. The first-order valence-corrected chi connectivity index (χ1v) is 8.36. The third kappa shape index (κ3) is 3.71. The van der Waals surface area contributed by atoms with Crippen molar-refractivity contribution in [2.24, 2.45) is 0 Å². The van der Waals surface area contributed by atoms with Crippen LogP contribution in [0.5, 0.6) is 0 Å². The fourth-order valence-electron chi connectivity index (χ4n) is 2.68. The van der Waals surface area contributed by atoms with Crippen molar-refractivity contribution in [3.8, 4) is 0 Å². The molecule has 3 aromatic rings. The summed E-state index contributed by atoms with van der Waals surface area (Å²) in [6.45, 7) is 4.60. The number of hydrogen-bond acceptors (Lipinski definition) is 2. The van der Waals surface area contributed by atoms with Crippen molar-refractivity contribution in [1.29, 1.82) is 0 Å². The SMILES string of the molecule is CCCNC(=O)c1ccccc1NC(=O)c1cc2ccc(C)cc2[nH]1. The predicted molar refractivity (Wildman–Crippen MR) is 100 cm³/mol. The smallest absolute Gasteiger partial charge is 0.272 e. The van der Waals surface area contributed by atoms with Crippen LogP contribution in [0.2, 0.25) is 0 Å². The number of fused-ring (bicyclic) bond motifs is 1. The van der Waals surface area contributed by atoms with Gasteiger partial charge in [-0.1, -0.05) is 31.2 Å². The summed E-state index contributed by atoms with van der Waals surface area (Å²) in [6.07, 6.45) is 0.856. The molecule has 0 spiro atoms. The van der Waals surface area contributed by atoms with Gasteiger partial charge in [0.15, 0.2) is 0 Å². The lowest BCUT2D eigenvalue weighted by Gasteiger charge is -2.10. The van der Waals surface area contributed by atoms with Crippen molar-refractivity contribution in [2.75, 3.05) is 11.9 Å². The molecule has 0 saturated carbocycles. The predicted octanol–water partition coefficient (Wildman–Crippen LogP) is 3.87. The first-order chi connectivity index (χ1) is 12.1. The maximum absolute atomic E-state index is 12.6. The Bertz CT molecular complexity index is 928. The highest BCUT2D eigenvalue weighted by molar-refractivity contribution is 6.09. The van der Waals surface area contributed by atoms with Gasteiger partial charge in [-0.15, -0.1) is 0 Å². The van der Waals surface area contributed by atoms with Crippen LogP contribution < -0.4 is 10.6 Å². The summed E-state index contributed by atoms with van der Waals surface area (Å²) in [5, 5.41) is 6.64. The molecule has 3 rings (SSSR count). The minimum Gasteiger partial charge on any atom is -0.352 e. The highest BCUT2D eigenvalue weighted by atomic mass is 16.2. The van der Waals surface area contributed by atoms with E-state index < -0.39 is 0 Å². The van der Waals surface area contributed by atoms with Crippen LogP contribution in [0, 0.1) is 6.92 Å². The van der Waals surface area contributed by atoms with E-state index in [0.717, 1.165) is 22.9 Å². The normalized spacial score (nSPS) is 10.6. The van der Waals surface area contributed by atoms with Gasteiger partial charge in [-0.25, -0.2) is 0 Å². The van der Waals surface area contributed by atoms with Gasteiger partial charge < -0.3 is 15.6 Å². The summed E-state index contributed by atoms with van der Waals surface area (Å²) in [6, 6.07) is 14.8. The van der Waals surface area contributed by atoms with E-state index >= 15 is 0 Å². The number of aromatic amines is 1. The van der Waals surface area contributed by atoms with Gasteiger partial charge in [0.2, 0.25) is 0 Å². The average Bonchev–Trinajstić information content (AvgIpc) is 3.03. The third-order valence-electron chi connectivity index (χ3n) is 3.98. The number of rotatable bonds is 5. The monoisotopic (exact) mass is 335 g/mol. The Labute approximate surface area is 146 Å². The zero-order valence-corrected chi connectivity index (χ0v) is 14.3. The molecule has 5 heteroatoms. The van der Waals surface area contributed by atoms with Gasteiger partial charge >= 0.3 is 0 Å². The van der Waals surface area contributed by atoms with Crippen molar-refractivity contribution in [2.45, 2.75) is 20.3 Å². The van der Waals surface area contributed by atoms with E-state index in [0.29, 0.717) is 23.5 Å². The van der Waals surface area contributed by atoms with E-state index in [4.69, 9.17) is 0 Å². The fourth-order valence-corrected chi connectivity index (χ4v) is 2.68. The molecule has 0 aliphatic rings. The summed E-state index contributed by atoms with van der Waals surface area (Å²) in [5.74, 6) is -0.463. The molecule has 3 N–H and O–H groups in total. The number of amides is 2. The molecule has 0 fully saturated rings. The largest absolute Gasteiger partial charge is 0.352 e. The van der Waals surface area contributed by atoms with Crippen molar-refractivity contribution >= 4 is 28.4 Å². The summed E-state index contributed by atoms with van der Waals surface area (Å²) in [5.41, 5.74) is 3.45. The van der Waals surface area contributed by atoms with Crippen molar-refractivity contribution in [1.82, 2.24) is 10.3 Å². The minimum absolute atomic E-state index is 0.190. The number of benzene rings is 2. The second-order valence-corrected chi connectivity index (χ2v) is 6.03. The number of para-hydroxylation sites is 1. The summed E-state index contributed by atoms with van der Waals surface area (Å²) < 4.78 is 0. The topological polar surface area (TPSA) is 74.0 Å². The van der Waals surface area contributed by atoms with E-state index in [9.17, 15) is 9.59 Å². The fraction of sp³-hybridized carbons (Fsp3) is 0.200. The van der Waals surface area contributed by atoms with Crippen molar-refractivity contribution in [3.63, 3.8) is 0 Å². The van der Waals surface area contributed by atoms with E-state index in [-0.39, 0.29) is 11.8 Å². The number of anilines is 1. The molecule has 0 radical (unpaired) electrons. The van der Waals surface area contributed by atoms with E-state index in [1.165, 1.54) is 0 Å². The van der Waals surface area contributed by atoms with Crippen molar-refractivity contribution < 1.29 is 9.59 Å². The van der Waals surface area contributed by atoms with Gasteiger partial charge in [-0.3, -0.25) is 9.59 Å². The van der Waals surface area contributed by atoms with Crippen molar-refractivity contribution in [3.05, 3.63) is 65.4 Å². The molecule has 0 atom stereocenters. The Hall–Kier alpha value is -3.08. The number of carbonyl (C=O) groups is 2. The summed E-state index contributed by atoms with van der Waals surface area (Å²) in [7, 11) is 0. The highest BCUT2D eigenvalue weighted by Gasteiger charge is 2.15. The van der Waals surface area contributed by atoms with Crippen LogP contribution in [0.3, 0.4) is 0 Å². The molecule has 0 aliphatic carbocycles. The molecule has 0 saturated heterocycles. The average molecular weight is 335 g/mol. The van der Waals surface area contributed by atoms with Gasteiger partial charge in [0, 0.05) is 17.4 Å². The molecule has 0 bridgehead atoms. The second kappa shape index (κ2) is 7.21. The minimum atomic E-state index is -0.274. The van der Waals surface area contributed by atoms with Crippen LogP contribution in [0.1, 0.15) is 39.8 Å². The Kier molecular flexibility index (Phi) is 4.84. The lowest BCUT2D eigenvalue weighted by Crippen LogP contribution is -2.25. The Balaban J connectivity index is 1.83. The van der Waals surface area contributed by atoms with Crippen LogP contribution in [0.15, 0.2) is 48.5 Å². The van der Waals surface area contributed by atoms with Gasteiger partial charge in [0.25, 0.3) is 11.8 Å². The Morgan fingerprint density at radius 2 is 1.84 bits per heavy atom. The van der Waals surface area contributed by atoms with Crippen LogP contribution in [0.4, 0.5) is 5.69 Å². The lowest BCUT2D eigenvalue weighted by atomic mass is 10.1. The van der Waals surface area contributed by atoms with Gasteiger partial charge in [0.1, 0.15) is 5.69 Å². The zero-order valence-electron chi connectivity index (χ0n) is 14.3. The molecule has 2 amide bonds. The van der Waals surface area contributed by atoms with Crippen LogP contribution >= 0.6 is 0 Å². The molecule has 128 valence electrons. The molecule has 25 heavy (non-hydrogen) atoms.